The summed E-state index contributed by atoms with van der Waals surface area (Å²) >= 11 is 0. The van der Waals surface area contributed by atoms with Crippen LogP contribution < -0.4 is 0 Å². The number of aromatic nitrogens is 1. The van der Waals surface area contributed by atoms with Gasteiger partial charge in [0, 0.05) is 55.1 Å². The van der Waals surface area contributed by atoms with Crippen LogP contribution in [0.3, 0.4) is 0 Å². The Morgan fingerprint density at radius 1 is 1.00 bits per heavy atom. The molecule has 1 aromatic heterocycles. The quantitative estimate of drug-likeness (QED) is 0.810. The molecular weight excluding hydrogens is 370 g/mol. The zero-order valence-electron chi connectivity index (χ0n) is 16.5. The highest BCUT2D eigenvalue weighted by molar-refractivity contribution is 5.89. The number of fused-ring (bicyclic) bond motifs is 1. The number of carbonyl (C=O) groups is 3. The van der Waals surface area contributed by atoms with Crippen molar-refractivity contribution in [3.05, 3.63) is 36.0 Å². The minimum absolute atomic E-state index is 0.0486. The molecule has 1 unspecified atom stereocenters. The summed E-state index contributed by atoms with van der Waals surface area (Å²) in [6.45, 7) is 2.71. The van der Waals surface area contributed by atoms with Gasteiger partial charge in [-0.1, -0.05) is 18.2 Å². The summed E-state index contributed by atoms with van der Waals surface area (Å²) in [5.41, 5.74) is 2.00. The Bertz CT molecular complexity index is 937. The van der Waals surface area contributed by atoms with Crippen LogP contribution in [-0.2, 0) is 20.8 Å². The van der Waals surface area contributed by atoms with Crippen molar-refractivity contribution < 1.29 is 19.5 Å². The van der Waals surface area contributed by atoms with Crippen molar-refractivity contribution in [2.45, 2.75) is 38.5 Å². The van der Waals surface area contributed by atoms with Gasteiger partial charge in [0.2, 0.25) is 11.8 Å². The Morgan fingerprint density at radius 3 is 2.55 bits per heavy atom. The molecule has 7 nitrogen and oxygen atoms in total. The number of amides is 2. The number of piperidine rings is 1. The van der Waals surface area contributed by atoms with Crippen molar-refractivity contribution in [3.8, 4) is 0 Å². The largest absolute Gasteiger partial charge is 0.481 e. The first-order valence-corrected chi connectivity index (χ1v) is 10.3. The van der Waals surface area contributed by atoms with Gasteiger partial charge in [-0.25, -0.2) is 0 Å². The van der Waals surface area contributed by atoms with Crippen LogP contribution in [0.15, 0.2) is 30.5 Å². The number of nitrogens with one attached hydrogen (secondary N) is 1. The number of nitrogens with zero attached hydrogens (tertiary/aromatic N) is 2. The molecule has 2 N–H and O–H groups in total. The Labute approximate surface area is 169 Å². The number of likely N-dealkylation sites (tertiary alicyclic amines) is 2. The number of carboxylic acid groups (broad SMARTS) is 1. The number of benzene rings is 1. The maximum atomic E-state index is 12.9. The Morgan fingerprint density at radius 2 is 1.76 bits per heavy atom. The van der Waals surface area contributed by atoms with Crippen molar-refractivity contribution in [3.63, 3.8) is 0 Å². The first-order chi connectivity index (χ1) is 14.0. The molecule has 7 heteroatoms. The fraction of sp³-hybridized carbons (Fsp3) is 0.500. The summed E-state index contributed by atoms with van der Waals surface area (Å²) in [6, 6.07) is 7.99. The lowest BCUT2D eigenvalue weighted by Gasteiger charge is -2.40. The molecule has 2 aliphatic heterocycles. The summed E-state index contributed by atoms with van der Waals surface area (Å²) in [4.78, 5) is 43.0. The maximum absolute atomic E-state index is 12.9. The van der Waals surface area contributed by atoms with Gasteiger partial charge in [0.05, 0.1) is 12.8 Å². The number of aliphatic carboxylic acids is 1. The third-order valence-electron chi connectivity index (χ3n) is 6.37. The average molecular weight is 397 g/mol. The van der Waals surface area contributed by atoms with Crippen molar-refractivity contribution in [2.24, 2.45) is 5.41 Å². The van der Waals surface area contributed by atoms with Crippen LogP contribution in [0.25, 0.3) is 10.9 Å². The predicted octanol–water partition coefficient (Wildman–Crippen LogP) is 2.42. The van der Waals surface area contributed by atoms with E-state index in [1.165, 1.54) is 0 Å². The minimum Gasteiger partial charge on any atom is -0.481 e. The van der Waals surface area contributed by atoms with Crippen molar-refractivity contribution in [2.75, 3.05) is 26.2 Å². The first kappa shape index (κ1) is 19.5. The van der Waals surface area contributed by atoms with Crippen molar-refractivity contribution in [1.82, 2.24) is 14.8 Å². The van der Waals surface area contributed by atoms with Crippen molar-refractivity contribution in [1.29, 1.82) is 0 Å². The van der Waals surface area contributed by atoms with Gasteiger partial charge in [-0.15, -0.1) is 0 Å². The minimum atomic E-state index is -0.944. The van der Waals surface area contributed by atoms with E-state index in [0.29, 0.717) is 26.1 Å². The Kier molecular flexibility index (Phi) is 5.30. The highest BCUT2D eigenvalue weighted by atomic mass is 16.4. The molecule has 29 heavy (non-hydrogen) atoms. The van der Waals surface area contributed by atoms with Gasteiger partial charge in [0.25, 0.3) is 0 Å². The fourth-order valence-electron chi connectivity index (χ4n) is 4.83. The van der Waals surface area contributed by atoms with Gasteiger partial charge in [0.1, 0.15) is 0 Å². The van der Waals surface area contributed by atoms with Gasteiger partial charge in [0.15, 0.2) is 0 Å². The van der Waals surface area contributed by atoms with E-state index < -0.39 is 5.97 Å². The lowest BCUT2D eigenvalue weighted by Crippen LogP contribution is -2.47. The van der Waals surface area contributed by atoms with E-state index in [4.69, 9.17) is 5.11 Å². The SMILES string of the molecule is O=C(O)CCC(=O)N1CCCC2(CCN(C(=O)Cc3c[nH]c4ccccc34)C2)C1. The van der Waals surface area contributed by atoms with Gasteiger partial charge in [-0.05, 0) is 30.9 Å². The van der Waals surface area contributed by atoms with Crippen LogP contribution in [0.5, 0.6) is 0 Å². The molecule has 0 saturated carbocycles. The molecule has 2 fully saturated rings. The van der Waals surface area contributed by atoms with Crippen LogP contribution >= 0.6 is 0 Å². The molecule has 0 aliphatic carbocycles. The van der Waals surface area contributed by atoms with E-state index in [0.717, 1.165) is 42.3 Å². The Hall–Kier alpha value is -2.83. The number of hydrogen-bond acceptors (Lipinski definition) is 3. The number of para-hydroxylation sites is 1. The summed E-state index contributed by atoms with van der Waals surface area (Å²) < 4.78 is 0. The van der Waals surface area contributed by atoms with E-state index in [-0.39, 0.29) is 30.1 Å². The number of aromatic amines is 1. The number of hydrogen-bond donors (Lipinski definition) is 2. The number of rotatable bonds is 5. The summed E-state index contributed by atoms with van der Waals surface area (Å²) in [5.74, 6) is -0.906. The standard InChI is InChI=1S/C22H27N3O4/c26-19(6-7-21(28)29)24-10-3-8-22(14-24)9-11-25(15-22)20(27)12-16-13-23-18-5-2-1-4-17(16)18/h1-2,4-5,13,23H,3,6-12,14-15H2,(H,28,29). The summed E-state index contributed by atoms with van der Waals surface area (Å²) in [7, 11) is 0. The number of carbonyl (C=O) groups excluding carboxylic acids is 2. The molecule has 2 amide bonds. The average Bonchev–Trinajstić information content (AvgIpc) is 3.31. The molecule has 2 aromatic rings. The van der Waals surface area contributed by atoms with E-state index in [1.807, 2.05) is 35.4 Å². The molecule has 0 bridgehead atoms. The van der Waals surface area contributed by atoms with Crippen molar-refractivity contribution >= 4 is 28.7 Å². The Balaban J connectivity index is 1.38. The molecule has 154 valence electrons. The zero-order valence-corrected chi connectivity index (χ0v) is 16.5. The third-order valence-corrected chi connectivity index (χ3v) is 6.37. The smallest absolute Gasteiger partial charge is 0.303 e. The van der Waals surface area contributed by atoms with Crippen LogP contribution in [0, 0.1) is 5.41 Å². The zero-order chi connectivity index (χ0) is 20.4. The second kappa shape index (κ2) is 7.89. The molecule has 3 heterocycles. The lowest BCUT2D eigenvalue weighted by atomic mass is 9.79. The van der Waals surface area contributed by atoms with Crippen LogP contribution in [0.2, 0.25) is 0 Å². The molecule has 4 rings (SSSR count). The highest BCUT2D eigenvalue weighted by Crippen LogP contribution is 2.39. The molecule has 1 spiro atoms. The van der Waals surface area contributed by atoms with E-state index >= 15 is 0 Å². The molecule has 0 radical (unpaired) electrons. The topological polar surface area (TPSA) is 93.7 Å². The fourth-order valence-corrected chi connectivity index (χ4v) is 4.83. The third kappa shape index (κ3) is 4.13. The molecule has 2 aliphatic rings. The predicted molar refractivity (Wildman–Crippen MR) is 108 cm³/mol. The number of carboxylic acids is 1. The van der Waals surface area contributed by atoms with Crippen LogP contribution in [-0.4, -0.2) is 63.9 Å². The van der Waals surface area contributed by atoms with Crippen LogP contribution in [0.4, 0.5) is 0 Å². The normalized spacial score (nSPS) is 21.8. The summed E-state index contributed by atoms with van der Waals surface area (Å²) in [6.07, 6.45) is 5.02. The lowest BCUT2D eigenvalue weighted by molar-refractivity contribution is -0.142. The van der Waals surface area contributed by atoms with Gasteiger partial charge >= 0.3 is 5.97 Å². The highest BCUT2D eigenvalue weighted by Gasteiger charge is 2.43. The second-order valence-electron chi connectivity index (χ2n) is 8.41. The maximum Gasteiger partial charge on any atom is 0.303 e. The van der Waals surface area contributed by atoms with E-state index in [2.05, 4.69) is 4.98 Å². The van der Waals surface area contributed by atoms with E-state index in [9.17, 15) is 14.4 Å². The van der Waals surface area contributed by atoms with Gasteiger partial charge in [-0.3, -0.25) is 14.4 Å². The van der Waals surface area contributed by atoms with E-state index in [1.54, 1.807) is 4.90 Å². The first-order valence-electron chi connectivity index (χ1n) is 10.3. The van der Waals surface area contributed by atoms with Crippen LogP contribution in [0.1, 0.15) is 37.7 Å². The van der Waals surface area contributed by atoms with Gasteiger partial charge in [-0.2, -0.15) is 0 Å². The molecule has 1 aromatic carbocycles. The molecule has 1 atom stereocenters. The molecule has 2 saturated heterocycles. The summed E-state index contributed by atoms with van der Waals surface area (Å²) in [5, 5.41) is 9.90. The molecular formula is C22H27N3O4. The number of H-pyrrole nitrogens is 1. The second-order valence-corrected chi connectivity index (χ2v) is 8.41. The monoisotopic (exact) mass is 397 g/mol. The van der Waals surface area contributed by atoms with Gasteiger partial charge < -0.3 is 19.9 Å².